The number of carboxylic acids is 1. The van der Waals surface area contributed by atoms with Crippen molar-refractivity contribution in [3.8, 4) is 0 Å². The van der Waals surface area contributed by atoms with E-state index < -0.39 is 17.2 Å². The Kier molecular flexibility index (Phi) is 7.03. The van der Waals surface area contributed by atoms with Gasteiger partial charge >= 0.3 is 5.97 Å². The third kappa shape index (κ3) is 3.66. The molecule has 1 aromatic rings. The minimum absolute atomic E-state index is 0.0269. The third-order valence-corrected chi connectivity index (χ3v) is 18.5. The van der Waals surface area contributed by atoms with Gasteiger partial charge < -0.3 is 20.1 Å². The van der Waals surface area contributed by atoms with Crippen molar-refractivity contribution < 1.29 is 24.9 Å². The molecular weight excluding hydrogens is 584 g/mol. The molecule has 1 heterocycles. The molecular formula is C42H62O5. The number of ether oxygens (including phenoxy) is 1. The molecule has 6 saturated carbocycles. The van der Waals surface area contributed by atoms with E-state index >= 15 is 0 Å². The molecule has 5 nitrogen and oxygen atoms in total. The second-order valence-corrected chi connectivity index (χ2v) is 19.5. The Morgan fingerprint density at radius 3 is 2.23 bits per heavy atom. The van der Waals surface area contributed by atoms with E-state index in [1.165, 1.54) is 18.4 Å². The fourth-order valence-electron chi connectivity index (χ4n) is 16.2. The highest BCUT2D eigenvalue weighted by Crippen LogP contribution is 2.87. The minimum Gasteiger partial charge on any atom is -0.481 e. The van der Waals surface area contributed by atoms with Gasteiger partial charge in [-0.2, -0.15) is 0 Å². The van der Waals surface area contributed by atoms with Gasteiger partial charge in [0.05, 0.1) is 18.1 Å². The Bertz CT molecular complexity index is 1430. The first-order valence-electron chi connectivity index (χ1n) is 19.4. The van der Waals surface area contributed by atoms with Crippen LogP contribution in [0.2, 0.25) is 0 Å². The van der Waals surface area contributed by atoms with Crippen LogP contribution in [0.5, 0.6) is 0 Å². The monoisotopic (exact) mass is 646 g/mol. The fourth-order valence-corrected chi connectivity index (χ4v) is 16.2. The number of carbonyl (C=O) groups is 1. The van der Waals surface area contributed by atoms with E-state index in [1.54, 1.807) is 0 Å². The summed E-state index contributed by atoms with van der Waals surface area (Å²) in [4.78, 5) is 12.7. The molecule has 1 saturated heterocycles. The average molecular weight is 647 g/mol. The first-order valence-corrected chi connectivity index (χ1v) is 19.4. The van der Waals surface area contributed by atoms with Crippen LogP contribution in [-0.2, 0) is 16.0 Å². The predicted octanol–water partition coefficient (Wildman–Crippen LogP) is 8.65. The molecule has 260 valence electrons. The van der Waals surface area contributed by atoms with Crippen LogP contribution in [0.1, 0.15) is 131 Å². The van der Waals surface area contributed by atoms with Gasteiger partial charge in [0.15, 0.2) is 5.79 Å². The molecule has 7 aliphatic rings. The van der Waals surface area contributed by atoms with Crippen molar-refractivity contribution in [1.82, 2.24) is 0 Å². The van der Waals surface area contributed by atoms with Crippen LogP contribution in [0, 0.1) is 67.5 Å². The third-order valence-electron chi connectivity index (χ3n) is 18.5. The number of aliphatic hydroxyl groups is 2. The fraction of sp³-hybridized carbons (Fsp3) is 0.833. The lowest BCUT2D eigenvalue weighted by Gasteiger charge is -2.82. The summed E-state index contributed by atoms with van der Waals surface area (Å²) in [6, 6.07) is 10.7. The smallest absolute Gasteiger partial charge is 0.309 e. The summed E-state index contributed by atoms with van der Waals surface area (Å²) in [6.07, 6.45) is 13.6. The maximum Gasteiger partial charge on any atom is 0.309 e. The molecule has 0 amide bonds. The van der Waals surface area contributed by atoms with Crippen LogP contribution >= 0.6 is 0 Å². The van der Waals surface area contributed by atoms with Crippen LogP contribution in [0.25, 0.3) is 0 Å². The normalized spacial score (nSPS) is 55.8. The molecule has 3 N–H and O–H groups in total. The van der Waals surface area contributed by atoms with Gasteiger partial charge in [0, 0.05) is 23.2 Å². The van der Waals surface area contributed by atoms with E-state index in [1.807, 2.05) is 6.92 Å². The van der Waals surface area contributed by atoms with Gasteiger partial charge in [-0.05, 0) is 135 Å². The number of hydrogen-bond donors (Lipinski definition) is 3. The molecule has 0 radical (unpaired) electrons. The highest BCUT2D eigenvalue weighted by Gasteiger charge is 2.85. The first kappa shape index (κ1) is 32.8. The standard InChI is InChI=1S/C42H62O5/c1-7-11-31-40-17-16-30-37(4)21-20-35(2)18-19-36(3,34(44)45)25-32(35)38(37,5)23-28-14-15-29(41(40,26-43)39(28,30)6)24-42(31,46)47-33(40)22-27-12-9-8-10-13-27/h8-10,12-13,28-33,43,46H,7,11,14-26H2,1-6H3,(H,44,45)/t28-,29+,30+,31+,32+,33-,35+,36+,37+,38-,39+,40+,41-,42-/m0/s1. The first-order chi connectivity index (χ1) is 22.1. The highest BCUT2D eigenvalue weighted by atomic mass is 16.6. The van der Waals surface area contributed by atoms with E-state index in [-0.39, 0.29) is 57.0 Å². The molecule has 0 aromatic heterocycles. The van der Waals surface area contributed by atoms with Crippen molar-refractivity contribution in [3.63, 3.8) is 0 Å². The Morgan fingerprint density at radius 2 is 1.55 bits per heavy atom. The zero-order valence-corrected chi connectivity index (χ0v) is 30.1. The Balaban J connectivity index is 1.29. The van der Waals surface area contributed by atoms with Crippen molar-refractivity contribution in [2.45, 2.75) is 143 Å². The second-order valence-electron chi connectivity index (χ2n) is 19.5. The Labute approximate surface area is 283 Å². The predicted molar refractivity (Wildman–Crippen MR) is 183 cm³/mol. The Hall–Kier alpha value is -1.43. The Morgan fingerprint density at radius 1 is 0.851 bits per heavy atom. The van der Waals surface area contributed by atoms with Gasteiger partial charge in [0.25, 0.3) is 0 Å². The maximum absolute atomic E-state index is 12.7. The zero-order valence-electron chi connectivity index (χ0n) is 30.1. The summed E-state index contributed by atoms with van der Waals surface area (Å²) in [5.74, 6) is -0.167. The van der Waals surface area contributed by atoms with Gasteiger partial charge in [-0.1, -0.05) is 71.4 Å². The number of rotatable bonds is 6. The summed E-state index contributed by atoms with van der Waals surface area (Å²) in [7, 11) is 0. The molecule has 1 aromatic carbocycles. The summed E-state index contributed by atoms with van der Waals surface area (Å²) < 4.78 is 7.07. The number of benzene rings is 1. The molecule has 7 fully saturated rings. The van der Waals surface area contributed by atoms with Crippen molar-refractivity contribution in [1.29, 1.82) is 0 Å². The van der Waals surface area contributed by atoms with E-state index in [2.05, 4.69) is 65.0 Å². The molecule has 1 aliphatic heterocycles. The van der Waals surface area contributed by atoms with Crippen molar-refractivity contribution in [2.75, 3.05) is 6.61 Å². The van der Waals surface area contributed by atoms with Gasteiger partial charge in [-0.3, -0.25) is 4.79 Å². The van der Waals surface area contributed by atoms with Crippen LogP contribution in [-0.4, -0.2) is 39.8 Å². The van der Waals surface area contributed by atoms with Crippen molar-refractivity contribution >= 4 is 5.97 Å². The molecule has 47 heavy (non-hydrogen) atoms. The molecule has 5 heteroatoms. The summed E-state index contributed by atoms with van der Waals surface area (Å²) in [6.45, 7) is 14.8. The summed E-state index contributed by atoms with van der Waals surface area (Å²) in [5, 5.41) is 35.3. The summed E-state index contributed by atoms with van der Waals surface area (Å²) >= 11 is 0. The molecule has 1 spiro atoms. The number of aliphatic carboxylic acids is 1. The van der Waals surface area contributed by atoms with E-state index in [0.717, 1.165) is 70.6 Å². The minimum atomic E-state index is -1.13. The lowest BCUT2D eigenvalue weighted by Crippen LogP contribution is -2.79. The molecule has 8 rings (SSSR count). The highest BCUT2D eigenvalue weighted by molar-refractivity contribution is 5.74. The molecule has 14 atom stereocenters. The summed E-state index contributed by atoms with van der Waals surface area (Å²) in [5.41, 5.74) is 0.228. The number of carboxylic acid groups (broad SMARTS) is 1. The van der Waals surface area contributed by atoms with E-state index in [0.29, 0.717) is 24.2 Å². The maximum atomic E-state index is 12.7. The van der Waals surface area contributed by atoms with Gasteiger partial charge in [-0.25, -0.2) is 0 Å². The second kappa shape index (κ2) is 10.1. The van der Waals surface area contributed by atoms with Crippen molar-refractivity contribution in [3.05, 3.63) is 35.9 Å². The average Bonchev–Trinajstić information content (AvgIpc) is 3.19. The van der Waals surface area contributed by atoms with E-state index in [9.17, 15) is 20.1 Å². The SMILES string of the molecule is CCC[C@@H]1[C@]23CC[C@H]4[C@@]5(C)[C@@H](CC[C@H](C[C@]1(O)O[C@H]2Cc1ccccc1)[C@@]53CO)C[C@@]1(C)[C@@H]2C[C@](C)(C(=O)O)CC[C@]2(C)CC[C@]41C. The van der Waals surface area contributed by atoms with Crippen LogP contribution in [0.3, 0.4) is 0 Å². The number of hydrogen-bond acceptors (Lipinski definition) is 4. The molecule has 2 bridgehead atoms. The number of aliphatic hydroxyl groups excluding tert-OH is 1. The van der Waals surface area contributed by atoms with Crippen molar-refractivity contribution in [2.24, 2.45) is 67.5 Å². The molecule has 0 unspecified atom stereocenters. The molecule has 6 aliphatic carbocycles. The quantitative estimate of drug-likeness (QED) is 0.288. The number of fused-ring (bicyclic) bond motifs is 5. The lowest BCUT2D eigenvalue weighted by molar-refractivity contribution is -0.357. The van der Waals surface area contributed by atoms with Crippen LogP contribution < -0.4 is 0 Å². The zero-order chi connectivity index (χ0) is 33.5. The van der Waals surface area contributed by atoms with Gasteiger partial charge in [0.2, 0.25) is 0 Å². The lowest BCUT2D eigenvalue weighted by atomic mass is 9.22. The van der Waals surface area contributed by atoms with Crippen LogP contribution in [0.4, 0.5) is 0 Å². The van der Waals surface area contributed by atoms with Gasteiger partial charge in [0.1, 0.15) is 0 Å². The van der Waals surface area contributed by atoms with Gasteiger partial charge in [-0.15, -0.1) is 0 Å². The topological polar surface area (TPSA) is 87.0 Å². The van der Waals surface area contributed by atoms with Crippen LogP contribution in [0.15, 0.2) is 30.3 Å². The van der Waals surface area contributed by atoms with E-state index in [4.69, 9.17) is 4.74 Å². The largest absolute Gasteiger partial charge is 0.481 e.